The number of hydrogen-bond donors (Lipinski definition) is 0. The van der Waals surface area contributed by atoms with Crippen LogP contribution in [0.25, 0.3) is 0 Å². The highest BCUT2D eigenvalue weighted by atomic mass is 16.2. The Morgan fingerprint density at radius 1 is 1.00 bits per heavy atom. The van der Waals surface area contributed by atoms with Gasteiger partial charge >= 0.3 is 0 Å². The first kappa shape index (κ1) is 13.7. The Labute approximate surface area is 104 Å². The normalized spacial score (nSPS) is 16.1. The third-order valence-electron chi connectivity index (χ3n) is 2.81. The second kappa shape index (κ2) is 7.07. The van der Waals surface area contributed by atoms with Gasteiger partial charge in [-0.2, -0.15) is 0 Å². The molecular weight excluding hydrogens is 212 g/mol. The van der Waals surface area contributed by atoms with Crippen LogP contribution in [0.5, 0.6) is 0 Å². The Bertz CT molecular complexity index is 329. The van der Waals surface area contributed by atoms with Gasteiger partial charge in [0.15, 0.2) is 0 Å². The van der Waals surface area contributed by atoms with Gasteiger partial charge < -0.3 is 9.80 Å². The zero-order chi connectivity index (χ0) is 12.7. The molecule has 1 aromatic rings. The van der Waals surface area contributed by atoms with Gasteiger partial charge in [0.1, 0.15) is 0 Å². The maximum atomic E-state index is 12.0. The third kappa shape index (κ3) is 3.86. The van der Waals surface area contributed by atoms with Crippen molar-refractivity contribution in [1.29, 1.82) is 0 Å². The highest BCUT2D eigenvalue weighted by molar-refractivity contribution is 5.94. The van der Waals surface area contributed by atoms with E-state index in [4.69, 9.17) is 0 Å². The molecule has 0 radical (unpaired) electrons. The van der Waals surface area contributed by atoms with Gasteiger partial charge in [0.25, 0.3) is 5.91 Å². The Balaban J connectivity index is 0.000000686. The molecule has 0 bridgehead atoms. The van der Waals surface area contributed by atoms with E-state index in [-0.39, 0.29) is 5.91 Å². The molecule has 3 nitrogen and oxygen atoms in total. The predicted octanol–water partition coefficient (Wildman–Crippen LogP) is 2.10. The summed E-state index contributed by atoms with van der Waals surface area (Å²) in [6.45, 7) is 7.62. The van der Waals surface area contributed by atoms with E-state index in [9.17, 15) is 4.79 Å². The fourth-order valence-corrected chi connectivity index (χ4v) is 1.77. The number of likely N-dealkylation sites (N-methyl/N-ethyl adjacent to an activating group) is 1. The summed E-state index contributed by atoms with van der Waals surface area (Å²) >= 11 is 0. The number of piperazine rings is 1. The maximum absolute atomic E-state index is 12.0. The van der Waals surface area contributed by atoms with Crippen LogP contribution >= 0.6 is 0 Å². The molecule has 1 heterocycles. The van der Waals surface area contributed by atoms with Gasteiger partial charge in [-0.3, -0.25) is 4.79 Å². The van der Waals surface area contributed by atoms with Crippen LogP contribution in [0, 0.1) is 0 Å². The number of hydrogen-bond acceptors (Lipinski definition) is 2. The summed E-state index contributed by atoms with van der Waals surface area (Å²) < 4.78 is 0. The first-order chi connectivity index (χ1) is 8.27. The van der Waals surface area contributed by atoms with Crippen LogP contribution in [0.1, 0.15) is 24.2 Å². The fraction of sp³-hybridized carbons (Fsp3) is 0.500. The predicted molar refractivity (Wildman–Crippen MR) is 71.2 cm³/mol. The molecule has 1 aliphatic rings. The van der Waals surface area contributed by atoms with Crippen molar-refractivity contribution in [3.63, 3.8) is 0 Å². The topological polar surface area (TPSA) is 23.6 Å². The molecule has 0 spiro atoms. The smallest absolute Gasteiger partial charge is 0.253 e. The van der Waals surface area contributed by atoms with Gasteiger partial charge in [-0.1, -0.05) is 32.0 Å². The van der Waals surface area contributed by atoms with Crippen molar-refractivity contribution in [2.24, 2.45) is 0 Å². The lowest BCUT2D eigenvalue weighted by Gasteiger charge is -2.32. The molecule has 2 rings (SSSR count). The lowest BCUT2D eigenvalue weighted by molar-refractivity contribution is 0.0664. The largest absolute Gasteiger partial charge is 0.336 e. The molecule has 0 aliphatic carbocycles. The fourth-order valence-electron chi connectivity index (χ4n) is 1.77. The van der Waals surface area contributed by atoms with Crippen molar-refractivity contribution in [2.45, 2.75) is 13.8 Å². The van der Waals surface area contributed by atoms with Gasteiger partial charge in [0.05, 0.1) is 0 Å². The van der Waals surface area contributed by atoms with E-state index in [1.807, 2.05) is 49.1 Å². The monoisotopic (exact) mass is 234 g/mol. The summed E-state index contributed by atoms with van der Waals surface area (Å²) in [6.07, 6.45) is 0. The molecule has 0 N–H and O–H groups in total. The highest BCUT2D eigenvalue weighted by Gasteiger charge is 2.19. The molecule has 1 aromatic carbocycles. The lowest BCUT2D eigenvalue weighted by atomic mass is 10.2. The highest BCUT2D eigenvalue weighted by Crippen LogP contribution is 2.07. The van der Waals surface area contributed by atoms with Crippen molar-refractivity contribution < 1.29 is 4.79 Å². The molecule has 3 heteroatoms. The minimum atomic E-state index is 0.156. The maximum Gasteiger partial charge on any atom is 0.253 e. The van der Waals surface area contributed by atoms with Gasteiger partial charge in [-0.25, -0.2) is 0 Å². The summed E-state index contributed by atoms with van der Waals surface area (Å²) in [5.74, 6) is 0.156. The van der Waals surface area contributed by atoms with E-state index in [1.54, 1.807) is 0 Å². The van der Waals surface area contributed by atoms with Crippen LogP contribution in [0.15, 0.2) is 30.3 Å². The van der Waals surface area contributed by atoms with Crippen LogP contribution in [0.3, 0.4) is 0 Å². The van der Waals surface area contributed by atoms with Crippen molar-refractivity contribution >= 4 is 5.91 Å². The average Bonchev–Trinajstić information content (AvgIpc) is 2.42. The molecule has 1 aliphatic heterocycles. The zero-order valence-corrected chi connectivity index (χ0v) is 11.0. The van der Waals surface area contributed by atoms with E-state index in [0.717, 1.165) is 31.7 Å². The van der Waals surface area contributed by atoms with Crippen molar-refractivity contribution in [3.05, 3.63) is 35.9 Å². The van der Waals surface area contributed by atoms with Crippen LogP contribution < -0.4 is 0 Å². The molecule has 0 aromatic heterocycles. The minimum Gasteiger partial charge on any atom is -0.336 e. The zero-order valence-electron chi connectivity index (χ0n) is 11.0. The van der Waals surface area contributed by atoms with E-state index in [1.165, 1.54) is 0 Å². The average molecular weight is 234 g/mol. The molecule has 0 saturated carbocycles. The number of rotatable bonds is 1. The Morgan fingerprint density at radius 2 is 1.53 bits per heavy atom. The van der Waals surface area contributed by atoms with Crippen LogP contribution in [-0.2, 0) is 0 Å². The van der Waals surface area contributed by atoms with Gasteiger partial charge in [-0.05, 0) is 19.2 Å². The SMILES string of the molecule is CC.CN1CCN(C(=O)c2ccccc2)CC1. The Kier molecular flexibility index (Phi) is 5.70. The number of carbonyl (C=O) groups is 1. The summed E-state index contributed by atoms with van der Waals surface area (Å²) in [7, 11) is 2.09. The Hall–Kier alpha value is -1.35. The van der Waals surface area contributed by atoms with Gasteiger partial charge in [-0.15, -0.1) is 0 Å². The standard InChI is InChI=1S/C12H16N2O.C2H6/c1-13-7-9-14(10-8-13)12(15)11-5-3-2-4-6-11;1-2/h2-6H,7-10H2,1H3;1-2H3. The molecule has 0 atom stereocenters. The molecule has 94 valence electrons. The summed E-state index contributed by atoms with van der Waals surface area (Å²) in [5.41, 5.74) is 0.794. The summed E-state index contributed by atoms with van der Waals surface area (Å²) in [6, 6.07) is 9.49. The number of nitrogens with zero attached hydrogens (tertiary/aromatic N) is 2. The molecular formula is C14H22N2O. The number of amides is 1. The minimum absolute atomic E-state index is 0.156. The van der Waals surface area contributed by atoms with Crippen LogP contribution in [-0.4, -0.2) is 48.9 Å². The molecule has 17 heavy (non-hydrogen) atoms. The second-order valence-electron chi connectivity index (χ2n) is 3.96. The summed E-state index contributed by atoms with van der Waals surface area (Å²) in [5, 5.41) is 0. The number of benzene rings is 1. The van der Waals surface area contributed by atoms with Gasteiger partial charge in [0.2, 0.25) is 0 Å². The van der Waals surface area contributed by atoms with E-state index in [2.05, 4.69) is 11.9 Å². The number of carbonyl (C=O) groups excluding carboxylic acids is 1. The molecule has 1 amide bonds. The van der Waals surface area contributed by atoms with Crippen LogP contribution in [0.2, 0.25) is 0 Å². The lowest BCUT2D eigenvalue weighted by Crippen LogP contribution is -2.47. The molecule has 1 saturated heterocycles. The first-order valence-electron chi connectivity index (χ1n) is 6.30. The van der Waals surface area contributed by atoms with Crippen molar-refractivity contribution in [1.82, 2.24) is 9.80 Å². The molecule has 1 fully saturated rings. The summed E-state index contributed by atoms with van der Waals surface area (Å²) in [4.78, 5) is 16.2. The Morgan fingerprint density at radius 3 is 2.06 bits per heavy atom. The second-order valence-corrected chi connectivity index (χ2v) is 3.96. The third-order valence-corrected chi connectivity index (χ3v) is 2.81. The van der Waals surface area contributed by atoms with Crippen molar-refractivity contribution in [2.75, 3.05) is 33.2 Å². The van der Waals surface area contributed by atoms with Crippen LogP contribution in [0.4, 0.5) is 0 Å². The van der Waals surface area contributed by atoms with E-state index in [0.29, 0.717) is 0 Å². The quantitative estimate of drug-likeness (QED) is 0.743. The van der Waals surface area contributed by atoms with Crippen molar-refractivity contribution in [3.8, 4) is 0 Å². The molecule has 0 unspecified atom stereocenters. The van der Waals surface area contributed by atoms with Gasteiger partial charge in [0, 0.05) is 31.7 Å². The first-order valence-corrected chi connectivity index (χ1v) is 6.30. The van der Waals surface area contributed by atoms with E-state index < -0.39 is 0 Å². The van der Waals surface area contributed by atoms with E-state index >= 15 is 0 Å².